The first-order valence-electron chi connectivity index (χ1n) is 11.3. The monoisotopic (exact) mass is 495 g/mol. The van der Waals surface area contributed by atoms with Gasteiger partial charge in [0, 0.05) is 76.7 Å². The normalized spacial score (nSPS) is 14.7. The van der Waals surface area contributed by atoms with Crippen molar-refractivity contribution in [3.63, 3.8) is 0 Å². The third-order valence-corrected chi connectivity index (χ3v) is 7.71. The Labute approximate surface area is 239 Å². The van der Waals surface area contributed by atoms with Crippen LogP contribution in [0.4, 0.5) is 10.5 Å². The summed E-state index contributed by atoms with van der Waals surface area (Å²) in [4.78, 5) is 14.8. The number of likely N-dealkylation sites (N-methyl/N-ethyl adjacent to an activating group) is 1. The van der Waals surface area contributed by atoms with Crippen LogP contribution in [0.25, 0.3) is 0 Å². The van der Waals surface area contributed by atoms with Gasteiger partial charge in [0.15, 0.2) is 0 Å². The first-order chi connectivity index (χ1) is 15.3. The van der Waals surface area contributed by atoms with Crippen LogP contribution in [0.2, 0.25) is 0 Å². The van der Waals surface area contributed by atoms with Crippen LogP contribution in [0, 0.1) is 0 Å². The molecule has 0 aromatic heterocycles. The molecular formula is C24H32KN4O3S. The zero-order valence-corrected chi connectivity index (χ0v) is 23.8. The van der Waals surface area contributed by atoms with E-state index in [-0.39, 0.29) is 64.5 Å². The topological polar surface area (TPSA) is 81.8 Å². The molecule has 7 nitrogen and oxygen atoms in total. The fraction of sp³-hybridized carbons (Fsp3) is 0.458. The number of nitrogens with zero attached hydrogens (tertiary/aromatic N) is 2. The maximum absolute atomic E-state index is 13.2. The summed E-state index contributed by atoms with van der Waals surface area (Å²) in [5.74, 6) is 0. The maximum Gasteiger partial charge on any atom is 0.333 e. The van der Waals surface area contributed by atoms with Crippen LogP contribution in [-0.2, 0) is 42.4 Å². The molecule has 2 aliphatic rings. The van der Waals surface area contributed by atoms with Crippen molar-refractivity contribution >= 4 is 73.3 Å². The van der Waals surface area contributed by atoms with Gasteiger partial charge in [-0.05, 0) is 80.4 Å². The molecule has 2 aromatic rings. The third-order valence-electron chi connectivity index (χ3n) is 6.27. The first kappa shape index (κ1) is 26.8. The van der Waals surface area contributed by atoms with Crippen LogP contribution in [0.15, 0.2) is 36.4 Å². The Morgan fingerprint density at radius 1 is 0.939 bits per heavy atom. The number of urea groups is 1. The van der Waals surface area contributed by atoms with Crippen LogP contribution in [0.5, 0.6) is 0 Å². The molecule has 0 spiro atoms. The number of hydrogen-bond donors (Lipinski definition) is 2. The van der Waals surface area contributed by atoms with E-state index >= 15 is 0 Å². The van der Waals surface area contributed by atoms with E-state index in [1.807, 2.05) is 49.3 Å². The Bertz CT molecular complexity index is 1060. The van der Waals surface area contributed by atoms with Crippen molar-refractivity contribution in [2.45, 2.75) is 45.1 Å². The molecule has 1 radical (unpaired) electrons. The number of nitrogens with one attached hydrogen (secondary N) is 2. The molecule has 2 N–H and O–H groups in total. The number of hydrogen-bond acceptors (Lipinski definition) is 4. The van der Waals surface area contributed by atoms with Crippen molar-refractivity contribution in [2.24, 2.45) is 0 Å². The van der Waals surface area contributed by atoms with Gasteiger partial charge in [0.25, 0.3) is 0 Å². The van der Waals surface area contributed by atoms with Gasteiger partial charge in [-0.2, -0.15) is 12.7 Å². The van der Waals surface area contributed by atoms with Gasteiger partial charge in [0.1, 0.15) is 0 Å². The van der Waals surface area contributed by atoms with E-state index in [0.717, 1.165) is 49.8 Å². The molecule has 4 rings (SSSR count). The fourth-order valence-corrected chi connectivity index (χ4v) is 5.73. The summed E-state index contributed by atoms with van der Waals surface area (Å²) in [5.41, 5.74) is 6.64. The summed E-state index contributed by atoms with van der Waals surface area (Å²) < 4.78 is 29.9. The Hall–Kier alpha value is -0.784. The van der Waals surface area contributed by atoms with E-state index in [2.05, 4.69) is 16.1 Å². The number of carbonyl (C=O) groups is 1. The smallest absolute Gasteiger partial charge is 0.308 e. The summed E-state index contributed by atoms with van der Waals surface area (Å²) in [6.07, 6.45) is 6.03. The van der Waals surface area contributed by atoms with Gasteiger partial charge in [-0.15, -0.1) is 0 Å². The van der Waals surface area contributed by atoms with Crippen LogP contribution < -0.4 is 10.0 Å². The van der Waals surface area contributed by atoms with E-state index < -0.39 is 16.2 Å². The standard InChI is InChI=1S/C24H32N4O3S.K/c1-27(2)14-15-28(17-18-8-4-3-5-9-18)32(30,31)26-24(29)25-23-21-12-6-10-19(21)16-20-11-7-13-22(20)23;/h3-5,8-9,16H,6-7,10-15,17H2,1-2H3,(H2,25,26,29);. The zero-order chi connectivity index (χ0) is 22.7. The predicted octanol–water partition coefficient (Wildman–Crippen LogP) is 2.71. The Morgan fingerprint density at radius 3 is 2.12 bits per heavy atom. The number of rotatable bonds is 8. The molecule has 0 aliphatic heterocycles. The van der Waals surface area contributed by atoms with Crippen LogP contribution >= 0.6 is 0 Å². The first-order valence-corrected chi connectivity index (χ1v) is 12.7. The fourth-order valence-electron chi connectivity index (χ4n) is 4.67. The largest absolute Gasteiger partial charge is 0.333 e. The summed E-state index contributed by atoms with van der Waals surface area (Å²) >= 11 is 0. The second-order valence-electron chi connectivity index (χ2n) is 8.92. The van der Waals surface area contributed by atoms with E-state index in [1.165, 1.54) is 26.6 Å². The molecule has 0 saturated carbocycles. The van der Waals surface area contributed by atoms with Gasteiger partial charge < -0.3 is 10.2 Å². The third kappa shape index (κ3) is 6.67. The summed E-state index contributed by atoms with van der Waals surface area (Å²) in [6.45, 7) is 1.03. The van der Waals surface area contributed by atoms with Gasteiger partial charge in [0.05, 0.1) is 0 Å². The average molecular weight is 496 g/mol. The average Bonchev–Trinajstić information content (AvgIpc) is 3.40. The Kier molecular flexibility index (Phi) is 9.56. The van der Waals surface area contributed by atoms with Gasteiger partial charge in [-0.25, -0.2) is 9.52 Å². The Balaban J connectivity index is 0.00000306. The van der Waals surface area contributed by atoms with Crippen molar-refractivity contribution in [1.29, 1.82) is 0 Å². The van der Waals surface area contributed by atoms with Crippen LogP contribution in [0.1, 0.15) is 40.7 Å². The quantitative estimate of drug-likeness (QED) is 0.552. The van der Waals surface area contributed by atoms with Gasteiger partial charge >= 0.3 is 16.2 Å². The van der Waals surface area contributed by atoms with Gasteiger partial charge in [-0.1, -0.05) is 36.4 Å². The number of anilines is 1. The molecule has 0 heterocycles. The number of aryl methyl sites for hydroxylation is 2. The van der Waals surface area contributed by atoms with Gasteiger partial charge in [0.2, 0.25) is 0 Å². The molecule has 2 amide bonds. The van der Waals surface area contributed by atoms with E-state index in [0.29, 0.717) is 6.54 Å². The minimum atomic E-state index is -4.02. The molecule has 0 unspecified atom stereocenters. The number of carbonyl (C=O) groups excluding carboxylic acids is 1. The van der Waals surface area contributed by atoms with E-state index in [1.54, 1.807) is 0 Å². The van der Waals surface area contributed by atoms with E-state index in [9.17, 15) is 13.2 Å². The Morgan fingerprint density at radius 2 is 1.55 bits per heavy atom. The SMILES string of the molecule is CN(C)CCN(Cc1ccccc1)S(=O)(=O)NC(=O)Nc1c2c(cc3c1CCC3)CCC2.[K]. The van der Waals surface area contributed by atoms with Crippen molar-refractivity contribution in [3.8, 4) is 0 Å². The molecule has 0 fully saturated rings. The van der Waals surface area contributed by atoms with Crippen LogP contribution in [0.3, 0.4) is 0 Å². The molecule has 173 valence electrons. The summed E-state index contributed by atoms with van der Waals surface area (Å²) in [7, 11) is -0.233. The van der Waals surface area contributed by atoms with Gasteiger partial charge in [-0.3, -0.25) is 0 Å². The minimum Gasteiger partial charge on any atom is -0.308 e. The summed E-state index contributed by atoms with van der Waals surface area (Å²) in [6, 6.07) is 11.0. The maximum atomic E-state index is 13.2. The van der Waals surface area contributed by atoms with Crippen molar-refractivity contribution in [2.75, 3.05) is 32.5 Å². The molecule has 0 saturated heterocycles. The molecule has 0 bridgehead atoms. The molecular weight excluding hydrogens is 463 g/mol. The molecule has 2 aliphatic carbocycles. The number of benzene rings is 2. The number of fused-ring (bicyclic) bond motifs is 2. The van der Waals surface area contributed by atoms with Crippen LogP contribution in [-0.4, -0.2) is 102 Å². The molecule has 2 aromatic carbocycles. The van der Waals surface area contributed by atoms with Crippen molar-refractivity contribution in [1.82, 2.24) is 13.9 Å². The van der Waals surface area contributed by atoms with Crippen molar-refractivity contribution in [3.05, 3.63) is 64.2 Å². The second kappa shape index (κ2) is 11.8. The van der Waals surface area contributed by atoms with E-state index in [4.69, 9.17) is 0 Å². The van der Waals surface area contributed by atoms with Crippen molar-refractivity contribution < 1.29 is 13.2 Å². The molecule has 9 heteroatoms. The molecule has 0 atom stereocenters. The zero-order valence-electron chi connectivity index (χ0n) is 19.9. The predicted molar refractivity (Wildman–Crippen MR) is 133 cm³/mol. The number of amides is 2. The minimum absolute atomic E-state index is 0. The summed E-state index contributed by atoms with van der Waals surface area (Å²) in [5, 5.41) is 2.92. The molecule has 33 heavy (non-hydrogen) atoms. The second-order valence-corrected chi connectivity index (χ2v) is 10.6.